The first-order chi connectivity index (χ1) is 9.69. The van der Waals surface area contributed by atoms with Gasteiger partial charge in [-0.1, -0.05) is 0 Å². The molecule has 0 saturated carbocycles. The zero-order valence-electron chi connectivity index (χ0n) is 12.2. The van der Waals surface area contributed by atoms with Gasteiger partial charge in [0.2, 0.25) is 0 Å². The molecule has 8 heteroatoms. The molecular weight excluding hydrogens is 343 g/mol. The fourth-order valence-electron chi connectivity index (χ4n) is 2.66. The lowest BCUT2D eigenvalue weighted by Gasteiger charge is -2.22. The fourth-order valence-corrected chi connectivity index (χ4v) is 3.29. The van der Waals surface area contributed by atoms with E-state index in [1.807, 2.05) is 29.5 Å². The number of halogens is 2. The molecule has 1 unspecified atom stereocenters. The van der Waals surface area contributed by atoms with Crippen LogP contribution in [0.5, 0.6) is 0 Å². The van der Waals surface area contributed by atoms with Crippen molar-refractivity contribution >= 4 is 42.1 Å². The minimum absolute atomic E-state index is 0. The maximum Gasteiger partial charge on any atom is 0.270 e. The molecule has 1 amide bonds. The van der Waals surface area contributed by atoms with E-state index in [1.54, 1.807) is 11.3 Å². The van der Waals surface area contributed by atoms with Crippen molar-refractivity contribution in [3.05, 3.63) is 28.3 Å². The van der Waals surface area contributed by atoms with Crippen molar-refractivity contribution < 1.29 is 4.79 Å². The lowest BCUT2D eigenvalue weighted by molar-refractivity contribution is 0.0736. The number of aromatic nitrogens is 2. The molecule has 0 aliphatic carbocycles. The summed E-state index contributed by atoms with van der Waals surface area (Å²) in [6.07, 6.45) is 3.88. The molecule has 1 aliphatic heterocycles. The molecule has 3 N–H and O–H groups in total. The third-order valence-electron chi connectivity index (χ3n) is 3.74. The van der Waals surface area contributed by atoms with Gasteiger partial charge in [0.15, 0.2) is 0 Å². The quantitative estimate of drug-likeness (QED) is 0.881. The molecule has 2 aromatic heterocycles. The Labute approximate surface area is 146 Å². The van der Waals surface area contributed by atoms with Crippen molar-refractivity contribution in [3.8, 4) is 11.3 Å². The Hall–Kier alpha value is -1.08. The number of nitrogens with zero attached hydrogens (tertiary/aromatic N) is 2. The molecule has 0 radical (unpaired) electrons. The maximum absolute atomic E-state index is 12.5. The Morgan fingerprint density at radius 1 is 1.55 bits per heavy atom. The number of nitrogens with one attached hydrogen (secondary N) is 1. The Morgan fingerprint density at radius 2 is 2.32 bits per heavy atom. The Bertz CT molecular complexity index is 628. The topological polar surface area (TPSA) is 75.0 Å². The molecule has 0 spiro atoms. The van der Waals surface area contributed by atoms with Crippen molar-refractivity contribution in [2.45, 2.75) is 25.8 Å². The zero-order valence-corrected chi connectivity index (χ0v) is 14.7. The summed E-state index contributed by atoms with van der Waals surface area (Å²) in [4.78, 5) is 21.9. The van der Waals surface area contributed by atoms with Crippen LogP contribution in [-0.4, -0.2) is 39.9 Å². The number of hydrogen-bond donors (Lipinski definition) is 2. The molecule has 0 bridgehead atoms. The largest absolute Gasteiger partial charge is 0.357 e. The summed E-state index contributed by atoms with van der Waals surface area (Å²) in [5, 5.41) is 3.03. The standard InChI is InChI=1S/C14H18N4OS.2ClH/c1-9-17-13(8-20-9)10-5-12(16-7-10)14(19)18-4-2-3-11(18)6-15;;/h5,7-8,11,16H,2-4,6,15H2,1H3;2*1H. The highest BCUT2D eigenvalue weighted by Gasteiger charge is 2.29. The summed E-state index contributed by atoms with van der Waals surface area (Å²) in [5.41, 5.74) is 8.22. The van der Waals surface area contributed by atoms with Gasteiger partial charge in [0.05, 0.1) is 10.7 Å². The van der Waals surface area contributed by atoms with E-state index in [-0.39, 0.29) is 36.8 Å². The predicted molar refractivity (Wildman–Crippen MR) is 94.2 cm³/mol. The van der Waals surface area contributed by atoms with Crippen LogP contribution in [0, 0.1) is 6.92 Å². The molecule has 1 atom stereocenters. The van der Waals surface area contributed by atoms with Crippen molar-refractivity contribution in [3.63, 3.8) is 0 Å². The van der Waals surface area contributed by atoms with E-state index in [0.29, 0.717) is 12.2 Å². The second kappa shape index (κ2) is 7.97. The Kier molecular flexibility index (Phi) is 6.87. The normalized spacial score (nSPS) is 17.0. The molecule has 122 valence electrons. The number of rotatable bonds is 3. The number of hydrogen-bond acceptors (Lipinski definition) is 4. The number of aromatic amines is 1. The van der Waals surface area contributed by atoms with Gasteiger partial charge in [0.25, 0.3) is 5.91 Å². The number of amides is 1. The lowest BCUT2D eigenvalue weighted by atomic mass is 10.2. The first-order valence-corrected chi connectivity index (χ1v) is 7.69. The first kappa shape index (κ1) is 19.0. The average molecular weight is 363 g/mol. The second-order valence-corrected chi connectivity index (χ2v) is 6.15. The molecular formula is C14H20Cl2N4OS. The molecule has 1 saturated heterocycles. The van der Waals surface area contributed by atoms with Gasteiger partial charge in [-0.05, 0) is 25.8 Å². The van der Waals surface area contributed by atoms with E-state index in [1.165, 1.54) is 0 Å². The second-order valence-electron chi connectivity index (χ2n) is 5.08. The number of carbonyl (C=O) groups excluding carboxylic acids is 1. The average Bonchev–Trinajstić information content (AvgIpc) is 3.17. The first-order valence-electron chi connectivity index (χ1n) is 6.81. The molecule has 5 nitrogen and oxygen atoms in total. The third-order valence-corrected chi connectivity index (χ3v) is 4.51. The van der Waals surface area contributed by atoms with Crippen molar-refractivity contribution in [2.75, 3.05) is 13.1 Å². The van der Waals surface area contributed by atoms with Crippen molar-refractivity contribution in [1.29, 1.82) is 0 Å². The number of likely N-dealkylation sites (tertiary alicyclic amines) is 1. The fraction of sp³-hybridized carbons (Fsp3) is 0.429. The summed E-state index contributed by atoms with van der Waals surface area (Å²) in [6, 6.07) is 2.05. The van der Waals surface area contributed by atoms with E-state index in [4.69, 9.17) is 5.73 Å². The number of aryl methyl sites for hydroxylation is 1. The highest BCUT2D eigenvalue weighted by molar-refractivity contribution is 7.09. The van der Waals surface area contributed by atoms with Gasteiger partial charge in [-0.15, -0.1) is 36.2 Å². The van der Waals surface area contributed by atoms with Gasteiger partial charge >= 0.3 is 0 Å². The highest BCUT2D eigenvalue weighted by atomic mass is 35.5. The minimum atomic E-state index is 0. The summed E-state index contributed by atoms with van der Waals surface area (Å²) < 4.78 is 0. The number of nitrogens with two attached hydrogens (primary N) is 1. The molecule has 22 heavy (non-hydrogen) atoms. The van der Waals surface area contributed by atoms with Gasteiger partial charge in [0, 0.05) is 36.3 Å². The van der Waals surface area contributed by atoms with Crippen LogP contribution in [0.4, 0.5) is 0 Å². The van der Waals surface area contributed by atoms with E-state index >= 15 is 0 Å². The van der Waals surface area contributed by atoms with Crippen LogP contribution in [0.2, 0.25) is 0 Å². The van der Waals surface area contributed by atoms with Crippen LogP contribution in [0.15, 0.2) is 17.6 Å². The molecule has 1 aliphatic rings. The lowest BCUT2D eigenvalue weighted by Crippen LogP contribution is -2.40. The molecule has 0 aromatic carbocycles. The number of H-pyrrole nitrogens is 1. The van der Waals surface area contributed by atoms with Crippen molar-refractivity contribution in [2.24, 2.45) is 5.73 Å². The monoisotopic (exact) mass is 362 g/mol. The van der Waals surface area contributed by atoms with Crippen LogP contribution >= 0.6 is 36.2 Å². The van der Waals surface area contributed by atoms with E-state index in [9.17, 15) is 4.79 Å². The van der Waals surface area contributed by atoms with E-state index in [2.05, 4.69) is 9.97 Å². The summed E-state index contributed by atoms with van der Waals surface area (Å²) >= 11 is 1.61. The summed E-state index contributed by atoms with van der Waals surface area (Å²) in [6.45, 7) is 3.30. The number of carbonyl (C=O) groups is 1. The van der Waals surface area contributed by atoms with Crippen molar-refractivity contribution in [1.82, 2.24) is 14.9 Å². The Balaban J connectivity index is 0.00000121. The maximum atomic E-state index is 12.5. The van der Waals surface area contributed by atoms with Crippen LogP contribution in [0.25, 0.3) is 11.3 Å². The summed E-state index contributed by atoms with van der Waals surface area (Å²) in [7, 11) is 0. The molecule has 3 heterocycles. The SMILES string of the molecule is Cc1nc(-c2c[nH]c(C(=O)N3CCCC3CN)c2)cs1.Cl.Cl. The summed E-state index contributed by atoms with van der Waals surface area (Å²) in [5.74, 6) is 0.0381. The number of thiazole rings is 1. The van der Waals surface area contributed by atoms with E-state index < -0.39 is 0 Å². The molecule has 1 fully saturated rings. The van der Waals surface area contributed by atoms with Crippen LogP contribution < -0.4 is 5.73 Å². The zero-order chi connectivity index (χ0) is 14.1. The van der Waals surface area contributed by atoms with E-state index in [0.717, 1.165) is 35.7 Å². The Morgan fingerprint density at radius 3 is 2.95 bits per heavy atom. The molecule has 3 rings (SSSR count). The highest BCUT2D eigenvalue weighted by Crippen LogP contribution is 2.24. The van der Waals surface area contributed by atoms with Gasteiger partial charge in [-0.25, -0.2) is 4.98 Å². The minimum Gasteiger partial charge on any atom is -0.357 e. The van der Waals surface area contributed by atoms with Gasteiger partial charge in [-0.2, -0.15) is 0 Å². The van der Waals surface area contributed by atoms with Crippen LogP contribution in [0.3, 0.4) is 0 Å². The van der Waals surface area contributed by atoms with Crippen LogP contribution in [0.1, 0.15) is 28.3 Å². The third kappa shape index (κ3) is 3.63. The predicted octanol–water partition coefficient (Wildman–Crippen LogP) is 2.85. The smallest absolute Gasteiger partial charge is 0.270 e. The van der Waals surface area contributed by atoms with Gasteiger partial charge in [0.1, 0.15) is 5.69 Å². The van der Waals surface area contributed by atoms with Gasteiger partial charge < -0.3 is 15.6 Å². The van der Waals surface area contributed by atoms with Crippen LogP contribution in [-0.2, 0) is 0 Å². The van der Waals surface area contributed by atoms with Gasteiger partial charge in [-0.3, -0.25) is 4.79 Å². The molecule has 2 aromatic rings.